The van der Waals surface area contributed by atoms with E-state index < -0.39 is 0 Å². The van der Waals surface area contributed by atoms with Gasteiger partial charge in [-0.1, -0.05) is 13.8 Å². The molecule has 0 aliphatic carbocycles. The van der Waals surface area contributed by atoms with Crippen LogP contribution >= 0.6 is 11.6 Å². The number of carbonyl (C=O) groups excluding carboxylic acids is 1. The third-order valence-electron chi connectivity index (χ3n) is 4.41. The number of rotatable bonds is 8. The molecule has 1 N–H and O–H groups in total. The van der Waals surface area contributed by atoms with E-state index in [1.165, 1.54) is 6.42 Å². The summed E-state index contributed by atoms with van der Waals surface area (Å²) >= 11 is 6.04. The van der Waals surface area contributed by atoms with Gasteiger partial charge in [-0.05, 0) is 38.5 Å². The van der Waals surface area contributed by atoms with Crippen molar-refractivity contribution in [2.75, 3.05) is 19.0 Å². The van der Waals surface area contributed by atoms with E-state index >= 15 is 0 Å². The van der Waals surface area contributed by atoms with Crippen LogP contribution in [0.25, 0.3) is 0 Å². The van der Waals surface area contributed by atoms with Crippen LogP contribution in [0.4, 0.5) is 0 Å². The molecule has 1 amide bonds. The highest BCUT2D eigenvalue weighted by molar-refractivity contribution is 6.18. The molecule has 0 aromatic rings. The van der Waals surface area contributed by atoms with E-state index in [2.05, 4.69) is 19.2 Å². The van der Waals surface area contributed by atoms with Crippen molar-refractivity contribution >= 4 is 17.5 Å². The van der Waals surface area contributed by atoms with Crippen molar-refractivity contribution in [3.8, 4) is 0 Å². The Kier molecular flexibility index (Phi) is 7.77. The summed E-state index contributed by atoms with van der Waals surface area (Å²) in [5.41, 5.74) is 0.0541. The first kappa shape index (κ1) is 16.8. The van der Waals surface area contributed by atoms with Crippen molar-refractivity contribution in [1.82, 2.24) is 5.32 Å². The summed E-state index contributed by atoms with van der Waals surface area (Å²) in [6.07, 6.45) is 7.19. The van der Waals surface area contributed by atoms with Gasteiger partial charge < -0.3 is 10.1 Å². The lowest BCUT2D eigenvalue weighted by atomic mass is 9.84. The van der Waals surface area contributed by atoms with Crippen molar-refractivity contribution in [3.05, 3.63) is 0 Å². The maximum atomic E-state index is 11.9. The van der Waals surface area contributed by atoms with Crippen LogP contribution in [0.1, 0.15) is 58.8 Å². The van der Waals surface area contributed by atoms with Crippen LogP contribution < -0.4 is 5.32 Å². The van der Waals surface area contributed by atoms with E-state index in [0.29, 0.717) is 18.8 Å². The number of hydrogen-bond donors (Lipinski definition) is 1. The molecular weight excluding hydrogens is 262 g/mol. The van der Waals surface area contributed by atoms with Gasteiger partial charge in [0.1, 0.15) is 0 Å². The van der Waals surface area contributed by atoms with E-state index in [-0.39, 0.29) is 17.4 Å². The Morgan fingerprint density at radius 3 is 2.63 bits per heavy atom. The predicted molar refractivity (Wildman–Crippen MR) is 79.6 cm³/mol. The van der Waals surface area contributed by atoms with Crippen LogP contribution in [0, 0.1) is 5.41 Å². The molecule has 0 saturated carbocycles. The maximum Gasteiger partial charge on any atom is 0.220 e. The number of nitrogens with one attached hydrogen (secondary N) is 1. The molecule has 1 saturated heterocycles. The number of hydrogen-bond acceptors (Lipinski definition) is 2. The smallest absolute Gasteiger partial charge is 0.220 e. The SMILES string of the molecule is CCC(CC)(CCl)CNC(=O)CCC1CCCCO1. The topological polar surface area (TPSA) is 38.3 Å². The fourth-order valence-corrected chi connectivity index (χ4v) is 2.91. The highest BCUT2D eigenvalue weighted by atomic mass is 35.5. The first-order valence-corrected chi connectivity index (χ1v) is 8.13. The fourth-order valence-electron chi connectivity index (χ4n) is 2.44. The third kappa shape index (κ3) is 5.70. The summed E-state index contributed by atoms with van der Waals surface area (Å²) in [6, 6.07) is 0. The van der Waals surface area contributed by atoms with Crippen LogP contribution in [0.15, 0.2) is 0 Å². The third-order valence-corrected chi connectivity index (χ3v) is 4.98. The Labute approximate surface area is 122 Å². The maximum absolute atomic E-state index is 11.9. The van der Waals surface area contributed by atoms with E-state index in [4.69, 9.17) is 16.3 Å². The van der Waals surface area contributed by atoms with Gasteiger partial charge in [-0.2, -0.15) is 0 Å². The Bertz CT molecular complexity index is 253. The fraction of sp³-hybridized carbons (Fsp3) is 0.933. The minimum absolute atomic E-state index is 0.0541. The van der Waals surface area contributed by atoms with Crippen molar-refractivity contribution in [1.29, 1.82) is 0 Å². The number of alkyl halides is 1. The van der Waals surface area contributed by atoms with Crippen molar-refractivity contribution in [2.24, 2.45) is 5.41 Å². The van der Waals surface area contributed by atoms with Gasteiger partial charge >= 0.3 is 0 Å². The summed E-state index contributed by atoms with van der Waals surface area (Å²) < 4.78 is 5.64. The molecule has 3 nitrogen and oxygen atoms in total. The monoisotopic (exact) mass is 289 g/mol. The number of halogens is 1. The molecule has 1 unspecified atom stereocenters. The molecule has 1 heterocycles. The van der Waals surface area contributed by atoms with Gasteiger partial charge in [-0.25, -0.2) is 0 Å². The first-order valence-electron chi connectivity index (χ1n) is 7.60. The predicted octanol–water partition coefficient (Wildman–Crippen LogP) is 3.50. The van der Waals surface area contributed by atoms with Crippen molar-refractivity contribution in [2.45, 2.75) is 64.9 Å². The van der Waals surface area contributed by atoms with Gasteiger partial charge in [0.2, 0.25) is 5.91 Å². The summed E-state index contributed by atoms with van der Waals surface area (Å²) in [5.74, 6) is 0.733. The molecule has 0 bridgehead atoms. The number of carbonyl (C=O) groups is 1. The quantitative estimate of drug-likeness (QED) is 0.695. The van der Waals surface area contributed by atoms with Gasteiger partial charge in [-0.3, -0.25) is 4.79 Å². The molecular formula is C15H28ClNO2. The normalized spacial score (nSPS) is 20.3. The zero-order valence-corrected chi connectivity index (χ0v) is 13.1. The second kappa shape index (κ2) is 8.80. The minimum Gasteiger partial charge on any atom is -0.378 e. The van der Waals surface area contributed by atoms with Crippen LogP contribution in [0.3, 0.4) is 0 Å². The highest BCUT2D eigenvalue weighted by Gasteiger charge is 2.25. The minimum atomic E-state index is 0.0541. The summed E-state index contributed by atoms with van der Waals surface area (Å²) in [5, 5.41) is 3.04. The molecule has 4 heteroatoms. The molecule has 0 spiro atoms. The molecule has 0 radical (unpaired) electrons. The standard InChI is InChI=1S/C15H28ClNO2/c1-3-15(4-2,11-16)12-17-14(18)9-8-13-7-5-6-10-19-13/h13H,3-12H2,1-2H3,(H,17,18). The Hall–Kier alpha value is -0.280. The highest BCUT2D eigenvalue weighted by Crippen LogP contribution is 2.27. The van der Waals surface area contributed by atoms with Gasteiger partial charge in [-0.15, -0.1) is 11.6 Å². The van der Waals surface area contributed by atoms with Gasteiger partial charge in [0, 0.05) is 30.9 Å². The number of ether oxygens (including phenoxy) is 1. The molecule has 19 heavy (non-hydrogen) atoms. The largest absolute Gasteiger partial charge is 0.378 e. The van der Waals surface area contributed by atoms with Crippen LogP contribution in [-0.2, 0) is 9.53 Å². The molecule has 112 valence electrons. The summed E-state index contributed by atoms with van der Waals surface area (Å²) in [6.45, 7) is 5.81. The second-order valence-corrected chi connectivity index (χ2v) is 5.91. The van der Waals surface area contributed by atoms with Crippen LogP contribution in [0.2, 0.25) is 0 Å². The summed E-state index contributed by atoms with van der Waals surface area (Å²) in [7, 11) is 0. The lowest BCUT2D eigenvalue weighted by molar-refractivity contribution is -0.122. The summed E-state index contributed by atoms with van der Waals surface area (Å²) in [4.78, 5) is 11.9. The molecule has 1 rings (SSSR count). The van der Waals surface area contributed by atoms with E-state index in [0.717, 1.165) is 38.7 Å². The molecule has 1 atom stereocenters. The molecule has 0 aromatic heterocycles. The zero-order valence-electron chi connectivity index (χ0n) is 12.3. The average Bonchev–Trinajstić information content (AvgIpc) is 2.48. The zero-order chi connectivity index (χ0) is 14.1. The first-order chi connectivity index (χ1) is 9.15. The van der Waals surface area contributed by atoms with E-state index in [9.17, 15) is 4.79 Å². The van der Waals surface area contributed by atoms with Gasteiger partial charge in [0.05, 0.1) is 6.10 Å². The van der Waals surface area contributed by atoms with E-state index in [1.807, 2.05) is 0 Å². The number of amides is 1. The van der Waals surface area contributed by atoms with Crippen LogP contribution in [0.5, 0.6) is 0 Å². The second-order valence-electron chi connectivity index (χ2n) is 5.64. The van der Waals surface area contributed by atoms with E-state index in [1.54, 1.807) is 0 Å². The van der Waals surface area contributed by atoms with Gasteiger partial charge in [0.15, 0.2) is 0 Å². The Morgan fingerprint density at radius 2 is 2.11 bits per heavy atom. The molecule has 1 aliphatic heterocycles. The lowest BCUT2D eigenvalue weighted by Gasteiger charge is -2.29. The molecule has 0 aromatic carbocycles. The van der Waals surface area contributed by atoms with Crippen molar-refractivity contribution in [3.63, 3.8) is 0 Å². The van der Waals surface area contributed by atoms with Gasteiger partial charge in [0.25, 0.3) is 0 Å². The molecule has 1 fully saturated rings. The molecule has 1 aliphatic rings. The Balaban J connectivity index is 2.23. The van der Waals surface area contributed by atoms with Crippen LogP contribution in [-0.4, -0.2) is 31.0 Å². The lowest BCUT2D eigenvalue weighted by Crippen LogP contribution is -2.38. The van der Waals surface area contributed by atoms with Crippen molar-refractivity contribution < 1.29 is 9.53 Å². The average molecular weight is 290 g/mol. The Morgan fingerprint density at radius 1 is 1.37 bits per heavy atom.